The third-order valence-corrected chi connectivity index (χ3v) is 4.44. The lowest BCUT2D eigenvalue weighted by atomic mass is 10.2. The molecule has 1 aliphatic heterocycles. The molecule has 4 heterocycles. The van der Waals surface area contributed by atoms with Crippen LogP contribution in [0, 0.1) is 0 Å². The molecule has 4 heteroatoms. The molecule has 0 unspecified atom stereocenters. The Bertz CT molecular complexity index is 1130. The van der Waals surface area contributed by atoms with E-state index in [9.17, 15) is 0 Å². The minimum Gasteiger partial charge on any atom is -0.259 e. The van der Waals surface area contributed by atoms with Crippen molar-refractivity contribution in [2.45, 2.75) is 6.54 Å². The summed E-state index contributed by atoms with van der Waals surface area (Å²) >= 11 is 0. The zero-order chi connectivity index (χ0) is 16.6. The van der Waals surface area contributed by atoms with E-state index in [0.29, 0.717) is 12.4 Å². The van der Waals surface area contributed by atoms with Gasteiger partial charge in [0.25, 0.3) is 5.65 Å². The molecular weight excluding hydrogens is 260 g/mol. The predicted octanol–water partition coefficient (Wildman–Crippen LogP) is 2.38. The van der Waals surface area contributed by atoms with E-state index in [0.717, 1.165) is 33.3 Å². The molecule has 0 aliphatic carbocycles. The van der Waals surface area contributed by atoms with Gasteiger partial charge in [0.15, 0.2) is 5.52 Å². The van der Waals surface area contributed by atoms with E-state index in [1.165, 1.54) is 4.57 Å². The molecule has 4 aromatic rings. The molecule has 0 spiro atoms. The lowest BCUT2D eigenvalue weighted by Crippen LogP contribution is -2.33. The van der Waals surface area contributed by atoms with E-state index >= 15 is 0 Å². The summed E-state index contributed by atoms with van der Waals surface area (Å²) in [6, 6.07) is 11.7. The quantitative estimate of drug-likeness (QED) is 0.399. The maximum Gasteiger partial charge on any atom is 0.269 e. The number of pyridine rings is 1. The average Bonchev–Trinajstić information content (AvgIpc) is 3.15. The second kappa shape index (κ2) is 3.52. The number of hydrogen-bond acceptors (Lipinski definition) is 1. The van der Waals surface area contributed by atoms with Gasteiger partial charge in [0.2, 0.25) is 5.82 Å². The Kier molecular flexibility index (Phi) is 1.45. The molecule has 0 saturated heterocycles. The number of fused-ring (bicyclic) bond motifs is 7. The van der Waals surface area contributed by atoms with Crippen molar-refractivity contribution in [1.82, 2.24) is 14.1 Å². The third kappa shape index (κ3) is 1.17. The minimum atomic E-state index is -2.26. The second-order valence-electron chi connectivity index (χ2n) is 5.49. The molecule has 5 rings (SSSR count). The third-order valence-electron chi connectivity index (χ3n) is 4.44. The van der Waals surface area contributed by atoms with Crippen molar-refractivity contribution in [2.75, 3.05) is 0 Å². The van der Waals surface area contributed by atoms with Crippen molar-refractivity contribution < 1.29 is 8.68 Å². The predicted molar refractivity (Wildman–Crippen MR) is 81.9 cm³/mol. The molecule has 0 amide bonds. The largest absolute Gasteiger partial charge is 0.269 e. The number of hydrogen-bond donors (Lipinski definition) is 0. The SMILES string of the molecule is [2H]C([2H])([2H])n1c2[n+](c3c1c1ccccc1n3C)Cc1ncccc1-2. The Morgan fingerprint density at radius 3 is 3.00 bits per heavy atom. The summed E-state index contributed by atoms with van der Waals surface area (Å²) < 4.78 is 30.0. The number of rotatable bonds is 0. The minimum absolute atomic E-state index is 0.593. The van der Waals surface area contributed by atoms with Crippen LogP contribution in [0.2, 0.25) is 0 Å². The van der Waals surface area contributed by atoms with Crippen LogP contribution in [0.4, 0.5) is 0 Å². The molecule has 4 nitrogen and oxygen atoms in total. The lowest BCUT2D eigenvalue weighted by Gasteiger charge is -1.97. The molecule has 1 aromatic carbocycles. The van der Waals surface area contributed by atoms with Crippen LogP contribution in [-0.4, -0.2) is 14.1 Å². The molecule has 0 atom stereocenters. The number of aryl methyl sites for hydroxylation is 2. The van der Waals surface area contributed by atoms with E-state index in [1.807, 2.05) is 43.4 Å². The summed E-state index contributed by atoms with van der Waals surface area (Å²) in [6.45, 7) is -1.67. The summed E-state index contributed by atoms with van der Waals surface area (Å²) in [5.74, 6) is 0.712. The van der Waals surface area contributed by atoms with Gasteiger partial charge >= 0.3 is 0 Å². The van der Waals surface area contributed by atoms with E-state index in [-0.39, 0.29) is 0 Å². The Hall–Kier alpha value is -2.62. The highest BCUT2D eigenvalue weighted by molar-refractivity contribution is 6.04. The zero-order valence-corrected chi connectivity index (χ0v) is 11.5. The lowest BCUT2D eigenvalue weighted by molar-refractivity contribution is -0.649. The molecule has 102 valence electrons. The van der Waals surface area contributed by atoms with Crippen LogP contribution in [0.25, 0.3) is 33.5 Å². The van der Waals surface area contributed by atoms with Crippen molar-refractivity contribution >= 4 is 22.1 Å². The number of imidazole rings is 1. The van der Waals surface area contributed by atoms with Gasteiger partial charge in [0, 0.05) is 6.20 Å². The highest BCUT2D eigenvalue weighted by Gasteiger charge is 2.34. The van der Waals surface area contributed by atoms with E-state index in [1.54, 1.807) is 6.20 Å². The van der Waals surface area contributed by atoms with Gasteiger partial charge < -0.3 is 0 Å². The van der Waals surface area contributed by atoms with Crippen LogP contribution in [0.1, 0.15) is 9.81 Å². The number of aromatic nitrogens is 4. The van der Waals surface area contributed by atoms with Crippen LogP contribution in [0.15, 0.2) is 42.6 Å². The first-order valence-electron chi connectivity index (χ1n) is 8.45. The summed E-state index contributed by atoms with van der Waals surface area (Å²) in [6.07, 6.45) is 1.75. The Morgan fingerprint density at radius 1 is 1.19 bits per heavy atom. The molecule has 0 saturated carbocycles. The highest BCUT2D eigenvalue weighted by atomic mass is 15.2. The molecular formula is C17H15N4+. The first kappa shape index (κ1) is 8.62. The molecule has 21 heavy (non-hydrogen) atoms. The maximum atomic E-state index is 8.12. The second-order valence-corrected chi connectivity index (χ2v) is 5.49. The molecule has 1 aliphatic rings. The van der Waals surface area contributed by atoms with Gasteiger partial charge in [0.05, 0.1) is 34.8 Å². The smallest absolute Gasteiger partial charge is 0.259 e. The monoisotopic (exact) mass is 278 g/mol. The van der Waals surface area contributed by atoms with Crippen LogP contribution in [-0.2, 0) is 20.6 Å². The Balaban J connectivity index is 2.05. The van der Waals surface area contributed by atoms with Crippen molar-refractivity contribution in [2.24, 2.45) is 14.0 Å². The fourth-order valence-electron chi connectivity index (χ4n) is 3.55. The molecule has 0 radical (unpaired) electrons. The number of nitrogens with zero attached hydrogens (tertiary/aromatic N) is 4. The summed E-state index contributed by atoms with van der Waals surface area (Å²) in [4.78, 5) is 4.43. The van der Waals surface area contributed by atoms with Crippen molar-refractivity contribution in [3.8, 4) is 11.4 Å². The normalized spacial score (nSPS) is 15.8. The average molecular weight is 278 g/mol. The summed E-state index contributed by atoms with van der Waals surface area (Å²) in [5.41, 5.74) is 4.52. The van der Waals surface area contributed by atoms with Gasteiger partial charge in [-0.3, -0.25) is 14.1 Å². The molecule has 0 fully saturated rings. The topological polar surface area (TPSA) is 26.6 Å². The summed E-state index contributed by atoms with van der Waals surface area (Å²) in [7, 11) is 1.98. The first-order valence-corrected chi connectivity index (χ1v) is 6.95. The van der Waals surface area contributed by atoms with Crippen LogP contribution < -0.4 is 4.57 Å². The highest BCUT2D eigenvalue weighted by Crippen LogP contribution is 2.34. The van der Waals surface area contributed by atoms with Crippen molar-refractivity contribution in [3.63, 3.8) is 0 Å². The van der Waals surface area contributed by atoms with Gasteiger partial charge in [-0.15, -0.1) is 0 Å². The van der Waals surface area contributed by atoms with Gasteiger partial charge in [-0.05, 0) is 24.3 Å². The fourth-order valence-corrected chi connectivity index (χ4v) is 3.55. The van der Waals surface area contributed by atoms with Crippen molar-refractivity contribution in [1.29, 1.82) is 0 Å². The first-order chi connectivity index (χ1) is 11.5. The Morgan fingerprint density at radius 2 is 2.10 bits per heavy atom. The number of benzene rings is 1. The maximum absolute atomic E-state index is 8.12. The number of para-hydroxylation sites is 1. The summed E-state index contributed by atoms with van der Waals surface area (Å²) in [5, 5.41) is 0.957. The Labute approximate surface area is 126 Å². The molecule has 0 N–H and O–H groups in total. The van der Waals surface area contributed by atoms with E-state index < -0.39 is 6.98 Å². The van der Waals surface area contributed by atoms with Crippen LogP contribution in [0.5, 0.6) is 0 Å². The van der Waals surface area contributed by atoms with Gasteiger partial charge in [-0.1, -0.05) is 12.1 Å². The van der Waals surface area contributed by atoms with Gasteiger partial charge in [-0.2, -0.15) is 0 Å². The fraction of sp³-hybridized carbons (Fsp3) is 0.176. The van der Waals surface area contributed by atoms with E-state index in [2.05, 4.69) is 14.1 Å². The van der Waals surface area contributed by atoms with Crippen LogP contribution in [0.3, 0.4) is 0 Å². The zero-order valence-electron chi connectivity index (χ0n) is 14.5. The molecule has 0 bridgehead atoms. The van der Waals surface area contributed by atoms with E-state index in [4.69, 9.17) is 4.11 Å². The van der Waals surface area contributed by atoms with Crippen LogP contribution >= 0.6 is 0 Å². The van der Waals surface area contributed by atoms with Gasteiger partial charge in [0.1, 0.15) is 12.1 Å². The molecule has 3 aromatic heterocycles. The van der Waals surface area contributed by atoms with Crippen molar-refractivity contribution in [3.05, 3.63) is 48.3 Å². The van der Waals surface area contributed by atoms with Gasteiger partial charge in [-0.25, -0.2) is 4.57 Å². The standard InChI is InChI=1S/C17H15N4/c1-19-14-8-4-3-6-12(14)15-17(19)21-10-13-11(7-5-9-18-13)16(21)20(15)2/h3-9H,10H2,1-2H3/q+1/i2D3.